The number of hydrogen-bond donors (Lipinski definition) is 1. The summed E-state index contributed by atoms with van der Waals surface area (Å²) in [7, 11) is 0. The van der Waals surface area contributed by atoms with Gasteiger partial charge >= 0.3 is 5.97 Å². The molecule has 0 radical (unpaired) electrons. The highest BCUT2D eigenvalue weighted by atomic mass is 16.5. The minimum Gasteiger partial charge on any atom is -0.493 e. The molecule has 4 nitrogen and oxygen atoms in total. The van der Waals surface area contributed by atoms with Crippen LogP contribution in [-0.2, 0) is 17.8 Å². The highest BCUT2D eigenvalue weighted by Gasteiger charge is 2.23. The van der Waals surface area contributed by atoms with E-state index in [-0.39, 0.29) is 0 Å². The van der Waals surface area contributed by atoms with E-state index in [2.05, 4.69) is 56.3 Å². The number of carboxylic acids is 1. The molecule has 1 unspecified atom stereocenters. The van der Waals surface area contributed by atoms with E-state index < -0.39 is 11.9 Å². The Kier molecular flexibility index (Phi) is 5.75. The number of ether oxygens (including phenoxy) is 2. The summed E-state index contributed by atoms with van der Waals surface area (Å²) in [6.45, 7) is 5.13. The van der Waals surface area contributed by atoms with Crippen LogP contribution in [0, 0.1) is 19.8 Å². The van der Waals surface area contributed by atoms with Crippen LogP contribution in [0.1, 0.15) is 28.7 Å². The predicted molar refractivity (Wildman–Crippen MR) is 117 cm³/mol. The first kappa shape index (κ1) is 20.0. The largest absolute Gasteiger partial charge is 0.493 e. The van der Waals surface area contributed by atoms with Gasteiger partial charge in [0.25, 0.3) is 0 Å². The molecule has 0 saturated heterocycles. The molecule has 4 heteroatoms. The zero-order valence-electron chi connectivity index (χ0n) is 17.4. The van der Waals surface area contributed by atoms with Crippen molar-refractivity contribution < 1.29 is 19.4 Å². The lowest BCUT2D eigenvalue weighted by atomic mass is 9.95. The summed E-state index contributed by atoms with van der Waals surface area (Å²) in [4.78, 5) is 11.3. The van der Waals surface area contributed by atoms with Gasteiger partial charge < -0.3 is 14.6 Å². The van der Waals surface area contributed by atoms with Crippen molar-refractivity contribution in [3.8, 4) is 22.6 Å². The van der Waals surface area contributed by atoms with E-state index in [4.69, 9.17) is 9.47 Å². The summed E-state index contributed by atoms with van der Waals surface area (Å²) >= 11 is 0. The van der Waals surface area contributed by atoms with Crippen molar-refractivity contribution in [1.82, 2.24) is 0 Å². The highest BCUT2D eigenvalue weighted by molar-refractivity contribution is 5.71. The van der Waals surface area contributed by atoms with Crippen molar-refractivity contribution >= 4 is 5.97 Å². The molecule has 0 saturated carbocycles. The zero-order valence-corrected chi connectivity index (χ0v) is 17.4. The van der Waals surface area contributed by atoms with Gasteiger partial charge in [-0.15, -0.1) is 0 Å². The normalized spacial score (nSPS) is 15.6. The summed E-state index contributed by atoms with van der Waals surface area (Å²) in [6, 6.07) is 20.5. The van der Waals surface area contributed by atoms with Crippen LogP contribution in [-0.4, -0.2) is 17.7 Å². The van der Waals surface area contributed by atoms with Crippen molar-refractivity contribution in [2.75, 3.05) is 6.61 Å². The number of hydrogen-bond acceptors (Lipinski definition) is 3. The Morgan fingerprint density at radius 1 is 1.07 bits per heavy atom. The van der Waals surface area contributed by atoms with E-state index in [1.165, 1.54) is 22.3 Å². The van der Waals surface area contributed by atoms with Crippen molar-refractivity contribution in [2.45, 2.75) is 33.3 Å². The number of carboxylic acid groups (broad SMARTS) is 1. The third-order valence-electron chi connectivity index (χ3n) is 5.68. The van der Waals surface area contributed by atoms with Crippen LogP contribution in [0.25, 0.3) is 11.1 Å². The topological polar surface area (TPSA) is 55.8 Å². The third kappa shape index (κ3) is 4.33. The van der Waals surface area contributed by atoms with Crippen molar-refractivity contribution in [3.63, 3.8) is 0 Å². The summed E-state index contributed by atoms with van der Waals surface area (Å²) in [6.07, 6.45) is 1.01. The Hall–Kier alpha value is -3.27. The Morgan fingerprint density at radius 3 is 2.60 bits per heavy atom. The maximum atomic E-state index is 11.3. The van der Waals surface area contributed by atoms with Gasteiger partial charge in [-0.3, -0.25) is 4.79 Å². The van der Waals surface area contributed by atoms with Gasteiger partial charge in [-0.1, -0.05) is 42.5 Å². The third-order valence-corrected chi connectivity index (χ3v) is 5.68. The molecule has 0 amide bonds. The van der Waals surface area contributed by atoms with Crippen LogP contribution < -0.4 is 9.47 Å². The molecule has 0 aliphatic carbocycles. The van der Waals surface area contributed by atoms with Gasteiger partial charge in [-0.05, 0) is 72.2 Å². The van der Waals surface area contributed by atoms with Gasteiger partial charge in [0, 0.05) is 6.07 Å². The number of carbonyl (C=O) groups is 1. The minimum absolute atomic E-state index is 0.398. The molecule has 30 heavy (non-hydrogen) atoms. The fraction of sp³-hybridized carbons (Fsp3) is 0.269. The van der Waals surface area contributed by atoms with Gasteiger partial charge in [0.2, 0.25) is 0 Å². The first-order chi connectivity index (χ1) is 14.5. The Bertz CT molecular complexity index is 1050. The number of aryl methyl sites for hydroxylation is 2. The maximum absolute atomic E-state index is 11.3. The van der Waals surface area contributed by atoms with Crippen molar-refractivity contribution in [2.24, 2.45) is 5.92 Å². The van der Waals surface area contributed by atoms with Crippen LogP contribution >= 0.6 is 0 Å². The van der Waals surface area contributed by atoms with Gasteiger partial charge in [0.15, 0.2) is 0 Å². The van der Waals surface area contributed by atoms with Crippen LogP contribution in [0.15, 0.2) is 60.7 Å². The van der Waals surface area contributed by atoms with E-state index in [0.29, 0.717) is 26.1 Å². The average Bonchev–Trinajstić information content (AvgIpc) is 2.95. The Balaban J connectivity index is 1.49. The molecule has 1 atom stereocenters. The minimum atomic E-state index is -0.768. The van der Waals surface area contributed by atoms with E-state index in [9.17, 15) is 9.90 Å². The molecule has 1 heterocycles. The first-order valence-corrected chi connectivity index (χ1v) is 10.3. The quantitative estimate of drug-likeness (QED) is 0.606. The second kappa shape index (κ2) is 8.62. The predicted octanol–water partition coefficient (Wildman–Crippen LogP) is 5.58. The number of benzene rings is 3. The molecule has 1 aliphatic heterocycles. The summed E-state index contributed by atoms with van der Waals surface area (Å²) < 4.78 is 11.8. The molecule has 154 valence electrons. The fourth-order valence-corrected chi connectivity index (χ4v) is 4.07. The Morgan fingerprint density at radius 2 is 1.83 bits per heavy atom. The molecule has 0 aromatic heterocycles. The number of rotatable bonds is 5. The smallest absolute Gasteiger partial charge is 0.306 e. The lowest BCUT2D eigenvalue weighted by molar-refractivity contribution is -0.142. The lowest BCUT2D eigenvalue weighted by Gasteiger charge is -2.13. The van der Waals surface area contributed by atoms with Crippen LogP contribution in [0.2, 0.25) is 0 Å². The Labute approximate surface area is 177 Å². The molecule has 3 aromatic carbocycles. The van der Waals surface area contributed by atoms with E-state index in [0.717, 1.165) is 22.6 Å². The number of aliphatic carboxylic acids is 1. The van der Waals surface area contributed by atoms with Crippen LogP contribution in [0.3, 0.4) is 0 Å². The second-order valence-electron chi connectivity index (χ2n) is 7.90. The summed E-state index contributed by atoms with van der Waals surface area (Å²) in [5.74, 6) is 0.279. The van der Waals surface area contributed by atoms with E-state index in [1.807, 2.05) is 18.2 Å². The molecule has 0 spiro atoms. The monoisotopic (exact) mass is 402 g/mol. The standard InChI is InChI=1S/C26H26O4/c1-17-5-3-6-18(2)25(17)21-8-4-7-19(13-21)16-30-23-10-9-20-14-22(26(27)28)11-12-29-24(20)15-23/h3-10,13,15,22H,11-12,14,16H2,1-2H3,(H,27,28). The van der Waals surface area contributed by atoms with E-state index in [1.54, 1.807) is 0 Å². The fourth-order valence-electron chi connectivity index (χ4n) is 4.07. The van der Waals surface area contributed by atoms with Crippen molar-refractivity contribution in [3.05, 3.63) is 82.9 Å². The van der Waals surface area contributed by atoms with E-state index >= 15 is 0 Å². The van der Waals surface area contributed by atoms with Crippen molar-refractivity contribution in [1.29, 1.82) is 0 Å². The van der Waals surface area contributed by atoms with Gasteiger partial charge in [-0.25, -0.2) is 0 Å². The lowest BCUT2D eigenvalue weighted by Crippen LogP contribution is -2.16. The molecular formula is C26H26O4. The van der Waals surface area contributed by atoms with Gasteiger partial charge in [-0.2, -0.15) is 0 Å². The van der Waals surface area contributed by atoms with Gasteiger partial charge in [0.1, 0.15) is 18.1 Å². The molecule has 0 bridgehead atoms. The SMILES string of the molecule is Cc1cccc(C)c1-c1cccc(COc2ccc3c(c2)OCCC(C(=O)O)C3)c1. The molecule has 0 fully saturated rings. The van der Waals surface area contributed by atoms with Crippen LogP contribution in [0.5, 0.6) is 11.5 Å². The first-order valence-electron chi connectivity index (χ1n) is 10.3. The van der Waals surface area contributed by atoms with Crippen LogP contribution in [0.4, 0.5) is 0 Å². The maximum Gasteiger partial charge on any atom is 0.306 e. The molecule has 1 aliphatic rings. The molecular weight excluding hydrogens is 376 g/mol. The summed E-state index contributed by atoms with van der Waals surface area (Å²) in [5.41, 5.74) is 7.00. The molecule has 3 aromatic rings. The summed E-state index contributed by atoms with van der Waals surface area (Å²) in [5, 5.41) is 9.31. The zero-order chi connectivity index (χ0) is 21.1. The second-order valence-corrected chi connectivity index (χ2v) is 7.90. The number of fused-ring (bicyclic) bond motifs is 1. The molecule has 1 N–H and O–H groups in total. The average molecular weight is 402 g/mol. The molecule has 4 rings (SSSR count). The highest BCUT2D eigenvalue weighted by Crippen LogP contribution is 2.32. The van der Waals surface area contributed by atoms with Gasteiger partial charge in [0.05, 0.1) is 12.5 Å².